The maximum atomic E-state index is 13.5. The van der Waals surface area contributed by atoms with Crippen molar-refractivity contribution in [1.29, 1.82) is 0 Å². The van der Waals surface area contributed by atoms with Crippen molar-refractivity contribution in [3.63, 3.8) is 0 Å². The number of phenols is 1. The molecule has 0 fully saturated rings. The van der Waals surface area contributed by atoms with E-state index in [9.17, 15) is 57.2 Å². The molecule has 0 spiro atoms. The fraction of sp³-hybridized carbons (Fsp3) is 0.114. The first-order chi connectivity index (χ1) is 33.4. The molecule has 0 radical (unpaired) electrons. The number of fused-ring (bicyclic) bond motifs is 2. The topological polar surface area (TPSA) is 356 Å². The number of methoxy groups -OCH3 is 2. The number of carbonyl (C=O) groups excluding carboxylic acids is 1. The monoisotopic (exact) mass is 1050 g/mol. The van der Waals surface area contributed by atoms with Crippen molar-refractivity contribution in [2.24, 2.45) is 20.5 Å². The summed E-state index contributed by atoms with van der Waals surface area (Å²) in [7, 11) is -16.8. The number of amides is 1. The van der Waals surface area contributed by atoms with Crippen LogP contribution >= 0.6 is 0 Å². The van der Waals surface area contributed by atoms with Gasteiger partial charge in [0.05, 0.1) is 42.8 Å². The van der Waals surface area contributed by atoms with E-state index in [-0.39, 0.29) is 67.8 Å². The number of azo groups is 2. The summed E-state index contributed by atoms with van der Waals surface area (Å²) < 4.78 is 152. The number of ether oxygens (including phenoxy) is 3. The molecule has 7 aromatic carbocycles. The van der Waals surface area contributed by atoms with Gasteiger partial charge in [0, 0.05) is 45.9 Å². The molecule has 0 unspecified atom stereocenters. The Balaban J connectivity index is 1.13. The molecule has 7 N–H and O–H groups in total. The van der Waals surface area contributed by atoms with E-state index in [1.165, 1.54) is 56.7 Å². The Kier molecular flexibility index (Phi) is 14.7. The molecule has 27 heteroatoms. The van der Waals surface area contributed by atoms with Gasteiger partial charge in [-0.3, -0.25) is 23.0 Å². The summed E-state index contributed by atoms with van der Waals surface area (Å²) in [5, 5.41) is 33.5. The van der Waals surface area contributed by atoms with Crippen molar-refractivity contribution in [2.75, 3.05) is 37.2 Å². The molecule has 0 saturated carbocycles. The molecule has 23 nitrogen and oxygen atoms in total. The van der Waals surface area contributed by atoms with Gasteiger partial charge in [-0.25, -0.2) is 0 Å². The van der Waals surface area contributed by atoms with E-state index in [4.69, 9.17) is 18.8 Å². The second kappa shape index (κ2) is 20.4. The predicted octanol–water partition coefficient (Wildman–Crippen LogP) is 8.94. The number of hydrogen-bond acceptors (Lipinski definition) is 18. The van der Waals surface area contributed by atoms with Crippen LogP contribution in [0.4, 0.5) is 39.8 Å². The minimum Gasteiger partial charge on any atom is -0.505 e. The summed E-state index contributed by atoms with van der Waals surface area (Å²) >= 11 is 0. The van der Waals surface area contributed by atoms with Gasteiger partial charge in [-0.1, -0.05) is 18.2 Å². The summed E-state index contributed by atoms with van der Waals surface area (Å²) in [5.74, 6) is -2.39. The molecule has 0 atom stereocenters. The lowest BCUT2D eigenvalue weighted by atomic mass is 10.1. The van der Waals surface area contributed by atoms with Gasteiger partial charge in [-0.2, -0.15) is 38.8 Å². The van der Waals surface area contributed by atoms with Crippen LogP contribution in [0.2, 0.25) is 0 Å². The second-order valence-electron chi connectivity index (χ2n) is 15.0. The largest absolute Gasteiger partial charge is 0.505 e. The van der Waals surface area contributed by atoms with Gasteiger partial charge in [0.15, 0.2) is 5.75 Å². The van der Waals surface area contributed by atoms with E-state index < -0.39 is 90.6 Å². The first kappa shape index (κ1) is 51.2. The first-order valence-corrected chi connectivity index (χ1v) is 26.1. The van der Waals surface area contributed by atoms with Crippen molar-refractivity contribution < 1.29 is 76.0 Å². The fourth-order valence-electron chi connectivity index (χ4n) is 6.86. The van der Waals surface area contributed by atoms with Crippen LogP contribution in [0.5, 0.6) is 23.0 Å². The molecule has 0 aliphatic carbocycles. The molecule has 7 rings (SSSR count). The third-order valence-corrected chi connectivity index (χ3v) is 13.5. The highest BCUT2D eigenvalue weighted by molar-refractivity contribution is 7.86. The van der Waals surface area contributed by atoms with Crippen molar-refractivity contribution in [2.45, 2.75) is 21.1 Å². The van der Waals surface area contributed by atoms with E-state index >= 15 is 0 Å². The quantitative estimate of drug-likeness (QED) is 0.0239. The van der Waals surface area contributed by atoms with Crippen LogP contribution in [0.15, 0.2) is 150 Å². The number of benzene rings is 7. The summed E-state index contributed by atoms with van der Waals surface area (Å²) in [6.45, 7) is -0.398. The van der Waals surface area contributed by atoms with E-state index in [1.807, 2.05) is 30.3 Å². The van der Waals surface area contributed by atoms with Crippen molar-refractivity contribution in [1.82, 2.24) is 0 Å². The lowest BCUT2D eigenvalue weighted by molar-refractivity contribution is 0.102. The highest BCUT2D eigenvalue weighted by atomic mass is 32.2. The Morgan fingerprint density at radius 3 is 1.79 bits per heavy atom. The van der Waals surface area contributed by atoms with Crippen molar-refractivity contribution >= 4 is 108 Å². The zero-order valence-corrected chi connectivity index (χ0v) is 39.9. The van der Waals surface area contributed by atoms with E-state index in [0.717, 1.165) is 36.0 Å². The van der Waals surface area contributed by atoms with Gasteiger partial charge in [-0.05, 0) is 96.1 Å². The Morgan fingerprint density at radius 1 is 0.592 bits per heavy atom. The minimum atomic E-state index is -5.11. The predicted molar refractivity (Wildman–Crippen MR) is 258 cm³/mol. The standard InChI is InChI=1S/C44H38N6O17S4/c1-65-38-24-35(49-50-42-41(71(62,63)64)20-26-17-30(13-14-32(26)43(42)51)45-28-7-4-3-5-8-28)39(66-2)23-34(38)48-47-29-11-9-25(10-12-29)44(52)46-36-22-33-27(19-40(36)70(59,60)61)18-31(69(56,57)58)21-37(33)67-15-6-16-68(53,54)55/h3-5,7-14,17-24,45,51H,6,15-16H2,1-2H3,(H,46,52)(H,53,54,55)(H,56,57,58)(H,59,60,61)(H,62,63,64). The zero-order valence-electron chi connectivity index (χ0n) is 36.6. The van der Waals surface area contributed by atoms with Gasteiger partial charge < -0.3 is 30.0 Å². The summed E-state index contributed by atoms with van der Waals surface area (Å²) in [5.41, 5.74) is 0.476. The van der Waals surface area contributed by atoms with Crippen LogP contribution in [-0.2, 0) is 40.5 Å². The number of rotatable bonds is 18. The van der Waals surface area contributed by atoms with E-state index in [1.54, 1.807) is 12.1 Å². The number of anilines is 3. The van der Waals surface area contributed by atoms with E-state index in [0.29, 0.717) is 5.69 Å². The van der Waals surface area contributed by atoms with Crippen molar-refractivity contribution in [3.8, 4) is 23.0 Å². The van der Waals surface area contributed by atoms with E-state index in [2.05, 4.69) is 31.1 Å². The second-order valence-corrected chi connectivity index (χ2v) is 20.8. The van der Waals surface area contributed by atoms with Crippen LogP contribution in [-0.4, -0.2) is 89.5 Å². The number of para-hydroxylation sites is 1. The van der Waals surface area contributed by atoms with Gasteiger partial charge in [0.25, 0.3) is 46.4 Å². The molecule has 1 amide bonds. The van der Waals surface area contributed by atoms with Gasteiger partial charge in [0.1, 0.15) is 44.1 Å². The molecule has 0 heterocycles. The number of nitrogens with zero attached hydrogens (tertiary/aromatic N) is 4. The van der Waals surface area contributed by atoms with Crippen LogP contribution in [0.25, 0.3) is 21.5 Å². The molecule has 0 aliphatic heterocycles. The average Bonchev–Trinajstić information content (AvgIpc) is 3.30. The molecule has 0 aliphatic rings. The lowest BCUT2D eigenvalue weighted by Crippen LogP contribution is -2.15. The first-order valence-electron chi connectivity index (χ1n) is 20.2. The van der Waals surface area contributed by atoms with Gasteiger partial charge in [-0.15, -0.1) is 15.3 Å². The molecule has 7 aromatic rings. The zero-order chi connectivity index (χ0) is 51.5. The Morgan fingerprint density at radius 2 is 1.20 bits per heavy atom. The highest BCUT2D eigenvalue weighted by Crippen LogP contribution is 2.45. The van der Waals surface area contributed by atoms with Crippen LogP contribution < -0.4 is 24.8 Å². The number of hydrogen-bond donors (Lipinski definition) is 7. The molecule has 0 aromatic heterocycles. The van der Waals surface area contributed by atoms with Crippen molar-refractivity contribution in [3.05, 3.63) is 121 Å². The maximum Gasteiger partial charge on any atom is 0.296 e. The molecular weight excluding hydrogens is 1010 g/mol. The summed E-state index contributed by atoms with van der Waals surface area (Å²) in [4.78, 5) is 11.1. The van der Waals surface area contributed by atoms with Crippen LogP contribution in [0.1, 0.15) is 16.8 Å². The SMILES string of the molecule is COc1cc(N=Nc2c(S(=O)(=O)O)cc3cc(Nc4ccccc4)ccc3c2O)c(OC)cc1N=Nc1ccc(C(=O)Nc2cc3c(OCCCS(=O)(=O)O)cc(S(=O)(=O)O)cc3cc2S(=O)(=O)O)cc1. The Bertz CT molecular complexity index is 3770. The Labute approximate surface area is 404 Å². The number of aromatic hydroxyl groups is 1. The molecule has 71 heavy (non-hydrogen) atoms. The smallest absolute Gasteiger partial charge is 0.296 e. The minimum absolute atomic E-state index is 0.0206. The van der Waals surface area contributed by atoms with Crippen LogP contribution in [0, 0.1) is 0 Å². The van der Waals surface area contributed by atoms with Gasteiger partial charge >= 0.3 is 0 Å². The molecular formula is C44H38N6O17S4. The normalized spacial score (nSPS) is 12.4. The highest BCUT2D eigenvalue weighted by Gasteiger charge is 2.25. The third kappa shape index (κ3) is 12.4. The fourth-order valence-corrected chi connectivity index (χ4v) is 9.19. The lowest BCUT2D eigenvalue weighted by Gasteiger charge is -2.15. The molecule has 0 saturated heterocycles. The van der Waals surface area contributed by atoms with Gasteiger partial charge in [0.2, 0.25) is 0 Å². The summed E-state index contributed by atoms with van der Waals surface area (Å²) in [6.07, 6.45) is -0.263. The molecule has 0 bridgehead atoms. The Hall–Kier alpha value is -7.63. The number of nitrogens with one attached hydrogen (secondary N) is 2. The summed E-state index contributed by atoms with van der Waals surface area (Å²) in [6, 6.07) is 26.7. The number of phenolic OH excluding ortho intramolecular Hbond substituents is 1. The number of carbonyl (C=O) groups is 1. The average molecular weight is 1050 g/mol. The van der Waals surface area contributed by atoms with Crippen LogP contribution in [0.3, 0.4) is 0 Å². The maximum absolute atomic E-state index is 13.5. The third-order valence-electron chi connectivity index (χ3n) is 10.1. The molecule has 370 valence electrons.